The summed E-state index contributed by atoms with van der Waals surface area (Å²) in [6.07, 6.45) is 4.75. The van der Waals surface area contributed by atoms with E-state index >= 15 is 0 Å². The number of nitrogens with zero attached hydrogens (tertiary/aromatic N) is 1. The Balaban J connectivity index is 1.68. The Morgan fingerprint density at radius 2 is 1.80 bits per heavy atom. The Hall–Kier alpha value is -1.55. The monoisotopic (exact) mass is 445 g/mol. The molecule has 2 aliphatic rings. The molecule has 1 aliphatic carbocycles. The van der Waals surface area contributed by atoms with Gasteiger partial charge in [-0.1, -0.05) is 54.4 Å². The zero-order valence-corrected chi connectivity index (χ0v) is 18.9. The number of likely N-dealkylation sites (tertiary alicyclic amines) is 1. The second-order valence-electron chi connectivity index (χ2n) is 8.54. The van der Waals surface area contributed by atoms with E-state index in [0.29, 0.717) is 24.0 Å². The van der Waals surface area contributed by atoms with E-state index in [0.717, 1.165) is 30.0 Å². The molecule has 2 fully saturated rings. The Bertz CT molecular complexity index is 866. The predicted molar refractivity (Wildman–Crippen MR) is 122 cm³/mol. The maximum Gasteiger partial charge on any atom is 0.223 e. The van der Waals surface area contributed by atoms with Gasteiger partial charge < -0.3 is 9.64 Å². The van der Waals surface area contributed by atoms with Crippen LogP contribution in [0.4, 0.5) is 0 Å². The molecule has 1 saturated heterocycles. The van der Waals surface area contributed by atoms with E-state index in [2.05, 4.69) is 17.9 Å². The largest absolute Gasteiger partial charge is 0.379 e. The number of amides is 1. The third-order valence-corrected chi connectivity index (χ3v) is 6.84. The zero-order chi connectivity index (χ0) is 21.1. The standard InChI is InChI=1S/C25H29Cl2NO2/c1-2-22(16-30-15-17-6-7-17)28-24(29)13-12-23(19-4-3-5-21(27)14-19)25(28)18-8-10-20(26)11-9-18/h3-5,8-11,14,17,22-23,25H,2,6-7,12-13,15-16H2,1H3/t22-,23+,25?/m0/s1. The van der Waals surface area contributed by atoms with E-state index in [4.69, 9.17) is 27.9 Å². The molecule has 4 rings (SSSR count). The van der Waals surface area contributed by atoms with Crippen molar-refractivity contribution in [2.24, 2.45) is 5.92 Å². The molecule has 0 aromatic heterocycles. The Labute approximate surface area is 189 Å². The van der Waals surface area contributed by atoms with Crippen molar-refractivity contribution < 1.29 is 9.53 Å². The fraction of sp³-hybridized carbons (Fsp3) is 0.480. The number of carbonyl (C=O) groups is 1. The van der Waals surface area contributed by atoms with Crippen molar-refractivity contribution in [2.45, 2.75) is 57.0 Å². The normalized spacial score (nSPS) is 22.9. The van der Waals surface area contributed by atoms with Gasteiger partial charge in [0.2, 0.25) is 5.91 Å². The molecule has 3 atom stereocenters. The summed E-state index contributed by atoms with van der Waals surface area (Å²) in [6.45, 7) is 3.54. The Morgan fingerprint density at radius 1 is 1.03 bits per heavy atom. The maximum absolute atomic E-state index is 13.2. The molecule has 1 amide bonds. The van der Waals surface area contributed by atoms with E-state index in [1.165, 1.54) is 18.4 Å². The number of halogens is 2. The number of piperidine rings is 1. The zero-order valence-electron chi connectivity index (χ0n) is 17.4. The minimum Gasteiger partial charge on any atom is -0.379 e. The first-order chi connectivity index (χ1) is 14.6. The first-order valence-electron chi connectivity index (χ1n) is 11.0. The lowest BCUT2D eigenvalue weighted by atomic mass is 9.79. The first kappa shape index (κ1) is 21.7. The van der Waals surface area contributed by atoms with Crippen LogP contribution < -0.4 is 0 Å². The second kappa shape index (κ2) is 9.72. The third-order valence-electron chi connectivity index (χ3n) is 6.35. The molecule has 2 aromatic rings. The van der Waals surface area contributed by atoms with Crippen molar-refractivity contribution in [3.05, 3.63) is 69.7 Å². The van der Waals surface area contributed by atoms with Crippen LogP contribution in [0, 0.1) is 5.92 Å². The lowest BCUT2D eigenvalue weighted by molar-refractivity contribution is -0.143. The average molecular weight is 446 g/mol. The van der Waals surface area contributed by atoms with Crippen molar-refractivity contribution in [3.63, 3.8) is 0 Å². The molecule has 3 nitrogen and oxygen atoms in total. The third kappa shape index (κ3) is 5.01. The minimum atomic E-state index is -0.0588. The molecule has 2 aromatic carbocycles. The molecule has 160 valence electrons. The van der Waals surface area contributed by atoms with Crippen molar-refractivity contribution in [1.29, 1.82) is 0 Å². The van der Waals surface area contributed by atoms with Crippen LogP contribution >= 0.6 is 23.2 Å². The topological polar surface area (TPSA) is 29.5 Å². The minimum absolute atomic E-state index is 0.0545. The van der Waals surface area contributed by atoms with Crippen molar-refractivity contribution >= 4 is 29.1 Å². The summed E-state index contributed by atoms with van der Waals surface area (Å²) in [5.41, 5.74) is 2.28. The fourth-order valence-corrected chi connectivity index (χ4v) is 4.86. The van der Waals surface area contributed by atoms with Crippen LogP contribution in [0.2, 0.25) is 10.0 Å². The summed E-state index contributed by atoms with van der Waals surface area (Å²) in [6, 6.07) is 16.0. The van der Waals surface area contributed by atoms with Gasteiger partial charge in [-0.3, -0.25) is 4.79 Å². The van der Waals surface area contributed by atoms with E-state index in [-0.39, 0.29) is 23.9 Å². The lowest BCUT2D eigenvalue weighted by Crippen LogP contribution is -2.49. The van der Waals surface area contributed by atoms with Gasteiger partial charge in [0.25, 0.3) is 0 Å². The molecule has 0 N–H and O–H groups in total. The molecule has 5 heteroatoms. The molecule has 1 aliphatic heterocycles. The quantitative estimate of drug-likeness (QED) is 0.455. The van der Waals surface area contributed by atoms with Crippen LogP contribution in [-0.2, 0) is 9.53 Å². The summed E-state index contributed by atoms with van der Waals surface area (Å²) >= 11 is 12.5. The fourth-order valence-electron chi connectivity index (χ4n) is 4.53. The number of rotatable bonds is 8. The molecular formula is C25H29Cl2NO2. The molecule has 0 bridgehead atoms. The van der Waals surface area contributed by atoms with Crippen LogP contribution in [0.1, 0.15) is 62.1 Å². The highest BCUT2D eigenvalue weighted by atomic mass is 35.5. The molecule has 0 radical (unpaired) electrons. The first-order valence-corrected chi connectivity index (χ1v) is 11.7. The van der Waals surface area contributed by atoms with Gasteiger partial charge >= 0.3 is 0 Å². The van der Waals surface area contributed by atoms with E-state index in [1.807, 2.05) is 42.5 Å². The average Bonchev–Trinajstić information content (AvgIpc) is 3.56. The van der Waals surface area contributed by atoms with Crippen molar-refractivity contribution in [2.75, 3.05) is 13.2 Å². The number of hydrogen-bond acceptors (Lipinski definition) is 2. The Morgan fingerprint density at radius 3 is 2.47 bits per heavy atom. The van der Waals surface area contributed by atoms with Gasteiger partial charge in [0.1, 0.15) is 0 Å². The molecular weight excluding hydrogens is 417 g/mol. The van der Waals surface area contributed by atoms with Gasteiger partial charge in [0.05, 0.1) is 18.7 Å². The molecule has 30 heavy (non-hydrogen) atoms. The number of hydrogen-bond donors (Lipinski definition) is 0. The van der Waals surface area contributed by atoms with E-state index < -0.39 is 0 Å². The van der Waals surface area contributed by atoms with Crippen LogP contribution in [0.25, 0.3) is 0 Å². The number of carbonyl (C=O) groups excluding carboxylic acids is 1. The van der Waals surface area contributed by atoms with Gasteiger partial charge in [0.15, 0.2) is 0 Å². The van der Waals surface area contributed by atoms with Crippen molar-refractivity contribution in [3.8, 4) is 0 Å². The highest BCUT2D eigenvalue weighted by molar-refractivity contribution is 6.30. The van der Waals surface area contributed by atoms with E-state index in [1.54, 1.807) is 0 Å². The van der Waals surface area contributed by atoms with Gasteiger partial charge in [-0.2, -0.15) is 0 Å². The molecule has 1 heterocycles. The highest BCUT2D eigenvalue weighted by Gasteiger charge is 2.41. The van der Waals surface area contributed by atoms with Gasteiger partial charge in [-0.05, 0) is 67.0 Å². The molecule has 1 unspecified atom stereocenters. The summed E-state index contributed by atoms with van der Waals surface area (Å²) in [7, 11) is 0. The lowest BCUT2D eigenvalue weighted by Gasteiger charge is -2.45. The maximum atomic E-state index is 13.2. The van der Waals surface area contributed by atoms with E-state index in [9.17, 15) is 4.79 Å². The van der Waals surface area contributed by atoms with Gasteiger partial charge in [-0.25, -0.2) is 0 Å². The Kier molecular flexibility index (Phi) is 7.02. The van der Waals surface area contributed by atoms with Gasteiger partial charge in [0, 0.05) is 29.0 Å². The summed E-state index contributed by atoms with van der Waals surface area (Å²) in [5, 5.41) is 1.43. The molecule has 1 saturated carbocycles. The summed E-state index contributed by atoms with van der Waals surface area (Å²) < 4.78 is 6.04. The smallest absolute Gasteiger partial charge is 0.223 e. The SMILES string of the molecule is CC[C@@H](COCC1CC1)N1C(=O)CC[C@H](c2cccc(Cl)c2)C1c1ccc(Cl)cc1. The number of benzene rings is 2. The van der Waals surface area contributed by atoms with Crippen LogP contribution in [-0.4, -0.2) is 30.1 Å². The second-order valence-corrected chi connectivity index (χ2v) is 9.41. The van der Waals surface area contributed by atoms with Crippen molar-refractivity contribution in [1.82, 2.24) is 4.90 Å². The summed E-state index contributed by atoms with van der Waals surface area (Å²) in [4.78, 5) is 15.3. The predicted octanol–water partition coefficient (Wildman–Crippen LogP) is 6.65. The van der Waals surface area contributed by atoms with Crippen LogP contribution in [0.3, 0.4) is 0 Å². The van der Waals surface area contributed by atoms with Crippen LogP contribution in [0.15, 0.2) is 48.5 Å². The highest BCUT2D eigenvalue weighted by Crippen LogP contribution is 2.45. The molecule has 0 spiro atoms. The van der Waals surface area contributed by atoms with Gasteiger partial charge in [-0.15, -0.1) is 0 Å². The van der Waals surface area contributed by atoms with Crippen LogP contribution in [0.5, 0.6) is 0 Å². The number of ether oxygens (including phenoxy) is 1. The summed E-state index contributed by atoms with van der Waals surface area (Å²) in [5.74, 6) is 1.10.